The van der Waals surface area contributed by atoms with Crippen LogP contribution in [0.2, 0.25) is 0 Å². The van der Waals surface area contributed by atoms with Gasteiger partial charge in [-0.25, -0.2) is 14.8 Å². The molecule has 2 saturated heterocycles. The lowest BCUT2D eigenvalue weighted by Gasteiger charge is -2.34. The van der Waals surface area contributed by atoms with Crippen molar-refractivity contribution in [2.45, 2.75) is 19.1 Å². The van der Waals surface area contributed by atoms with Crippen LogP contribution in [0, 0.1) is 0 Å². The van der Waals surface area contributed by atoms with Crippen LogP contribution in [0.1, 0.15) is 12.0 Å². The molecule has 0 unspecified atom stereocenters. The largest absolute Gasteiger partial charge is 0.444 e. The Morgan fingerprint density at radius 2 is 1.94 bits per heavy atom. The summed E-state index contributed by atoms with van der Waals surface area (Å²) >= 11 is 0. The molecular weight excluding hydrogens is 424 g/mol. The standard InChI is InChI=1S/C23H30N6O4/c1-27(21(30)12-24)15-17-3-2-4-18(11-17)19-13-25-22(26-14-19)28-6-8-29(9-7-28)23(31)33-20-5-10-32-16-20/h2-4,11,13-14,20H,5-10,12,15-16,24H2,1H3/t20-/m0/s1. The predicted molar refractivity (Wildman–Crippen MR) is 122 cm³/mol. The normalized spacial score (nSPS) is 18.3. The predicted octanol–water partition coefficient (Wildman–Crippen LogP) is 1.11. The Morgan fingerprint density at radius 1 is 1.18 bits per heavy atom. The number of nitrogens with two attached hydrogens (primary N) is 1. The lowest BCUT2D eigenvalue weighted by molar-refractivity contribution is -0.128. The van der Waals surface area contributed by atoms with Crippen LogP contribution in [0.5, 0.6) is 0 Å². The minimum atomic E-state index is -0.278. The van der Waals surface area contributed by atoms with Crippen LogP contribution >= 0.6 is 0 Å². The lowest BCUT2D eigenvalue weighted by atomic mass is 10.1. The van der Waals surface area contributed by atoms with Crippen LogP contribution in [0.15, 0.2) is 36.7 Å². The number of likely N-dealkylation sites (N-methyl/N-ethyl adjacent to an activating group) is 1. The summed E-state index contributed by atoms with van der Waals surface area (Å²) in [6.45, 7) is 4.04. The number of nitrogens with zero attached hydrogens (tertiary/aromatic N) is 5. The quantitative estimate of drug-likeness (QED) is 0.690. The molecule has 4 rings (SSSR count). The fraction of sp³-hybridized carbons (Fsp3) is 0.478. The van der Waals surface area contributed by atoms with Crippen molar-refractivity contribution >= 4 is 17.9 Å². The highest BCUT2D eigenvalue weighted by atomic mass is 16.6. The van der Waals surface area contributed by atoms with Crippen molar-refractivity contribution in [1.29, 1.82) is 0 Å². The molecule has 0 radical (unpaired) electrons. The Bertz CT molecular complexity index is 956. The number of benzene rings is 1. The summed E-state index contributed by atoms with van der Waals surface area (Å²) in [7, 11) is 1.74. The molecule has 0 aliphatic carbocycles. The molecule has 2 aromatic rings. The Morgan fingerprint density at radius 3 is 2.61 bits per heavy atom. The SMILES string of the molecule is CN(Cc1cccc(-c2cnc(N3CCN(C(=O)O[C@H]4CCOC4)CC3)nc2)c1)C(=O)CN. The smallest absolute Gasteiger partial charge is 0.410 e. The van der Waals surface area contributed by atoms with Crippen LogP contribution in [0.3, 0.4) is 0 Å². The van der Waals surface area contributed by atoms with Gasteiger partial charge in [-0.05, 0) is 17.2 Å². The Labute approximate surface area is 193 Å². The number of rotatable bonds is 6. The third kappa shape index (κ3) is 5.77. The van der Waals surface area contributed by atoms with Crippen LogP contribution in [-0.2, 0) is 20.8 Å². The van der Waals surface area contributed by atoms with Crippen LogP contribution < -0.4 is 10.6 Å². The summed E-state index contributed by atoms with van der Waals surface area (Å²) in [5.41, 5.74) is 8.32. The van der Waals surface area contributed by atoms with Gasteiger partial charge in [0.1, 0.15) is 6.10 Å². The molecule has 10 nitrogen and oxygen atoms in total. The molecule has 2 N–H and O–H groups in total. The van der Waals surface area contributed by atoms with E-state index in [4.69, 9.17) is 15.2 Å². The molecule has 2 amide bonds. The van der Waals surface area contributed by atoms with E-state index < -0.39 is 0 Å². The van der Waals surface area contributed by atoms with Crippen molar-refractivity contribution in [3.63, 3.8) is 0 Å². The number of carbonyl (C=O) groups excluding carboxylic acids is 2. The Balaban J connectivity index is 1.33. The number of hydrogen-bond donors (Lipinski definition) is 1. The van der Waals surface area contributed by atoms with Crippen molar-refractivity contribution in [2.75, 3.05) is 57.9 Å². The van der Waals surface area contributed by atoms with E-state index in [1.165, 1.54) is 0 Å². The number of aromatic nitrogens is 2. The van der Waals surface area contributed by atoms with Gasteiger partial charge >= 0.3 is 6.09 Å². The summed E-state index contributed by atoms with van der Waals surface area (Å²) in [5, 5.41) is 0. The fourth-order valence-electron chi connectivity index (χ4n) is 3.91. The second-order valence-corrected chi connectivity index (χ2v) is 8.27. The van der Waals surface area contributed by atoms with Gasteiger partial charge in [0.05, 0.1) is 19.8 Å². The summed E-state index contributed by atoms with van der Waals surface area (Å²) < 4.78 is 10.8. The first kappa shape index (κ1) is 22.9. The van der Waals surface area contributed by atoms with Gasteiger partial charge in [0.25, 0.3) is 0 Å². The minimum absolute atomic E-state index is 0.00356. The first-order chi connectivity index (χ1) is 16.0. The number of carbonyl (C=O) groups is 2. The monoisotopic (exact) mass is 454 g/mol. The number of amides is 2. The zero-order chi connectivity index (χ0) is 23.2. The minimum Gasteiger partial charge on any atom is -0.444 e. The molecule has 3 heterocycles. The number of hydrogen-bond acceptors (Lipinski definition) is 8. The lowest BCUT2D eigenvalue weighted by Crippen LogP contribution is -2.50. The zero-order valence-corrected chi connectivity index (χ0v) is 18.9. The Kier molecular flexibility index (Phi) is 7.36. The van der Waals surface area contributed by atoms with Crippen LogP contribution in [0.25, 0.3) is 11.1 Å². The molecule has 1 aromatic heterocycles. The molecule has 33 heavy (non-hydrogen) atoms. The maximum absolute atomic E-state index is 12.3. The van der Waals surface area contributed by atoms with Gasteiger partial charge < -0.3 is 29.9 Å². The van der Waals surface area contributed by atoms with E-state index in [9.17, 15) is 9.59 Å². The molecule has 2 aliphatic rings. The fourth-order valence-corrected chi connectivity index (χ4v) is 3.91. The van der Waals surface area contributed by atoms with E-state index in [1.54, 1.807) is 29.2 Å². The van der Waals surface area contributed by atoms with E-state index in [2.05, 4.69) is 14.9 Å². The second kappa shape index (κ2) is 10.6. The van der Waals surface area contributed by atoms with Gasteiger partial charge in [-0.2, -0.15) is 0 Å². The molecule has 0 bridgehead atoms. The van der Waals surface area contributed by atoms with Crippen molar-refractivity contribution in [3.8, 4) is 11.1 Å². The van der Waals surface area contributed by atoms with Gasteiger partial charge in [-0.1, -0.05) is 18.2 Å². The summed E-state index contributed by atoms with van der Waals surface area (Å²) in [5.74, 6) is 0.536. The molecular formula is C23H30N6O4. The molecule has 2 aliphatic heterocycles. The number of anilines is 1. The highest BCUT2D eigenvalue weighted by Crippen LogP contribution is 2.22. The first-order valence-electron chi connectivity index (χ1n) is 11.2. The summed E-state index contributed by atoms with van der Waals surface area (Å²) in [6, 6.07) is 7.95. The van der Waals surface area contributed by atoms with Crippen molar-refractivity contribution in [2.24, 2.45) is 5.73 Å². The number of ether oxygens (including phenoxy) is 2. The highest BCUT2D eigenvalue weighted by Gasteiger charge is 2.27. The molecule has 2 fully saturated rings. The summed E-state index contributed by atoms with van der Waals surface area (Å²) in [4.78, 5) is 38.5. The van der Waals surface area contributed by atoms with Gasteiger partial charge in [-0.3, -0.25) is 4.79 Å². The van der Waals surface area contributed by atoms with E-state index in [0.29, 0.717) is 51.9 Å². The van der Waals surface area contributed by atoms with Crippen LogP contribution in [-0.4, -0.2) is 90.9 Å². The van der Waals surface area contributed by atoms with Gasteiger partial charge in [-0.15, -0.1) is 0 Å². The molecule has 0 spiro atoms. The second-order valence-electron chi connectivity index (χ2n) is 8.27. The topological polar surface area (TPSA) is 114 Å². The average molecular weight is 455 g/mol. The third-order valence-electron chi connectivity index (χ3n) is 5.89. The van der Waals surface area contributed by atoms with Crippen molar-refractivity contribution in [1.82, 2.24) is 19.8 Å². The van der Waals surface area contributed by atoms with E-state index in [-0.39, 0.29) is 24.6 Å². The van der Waals surface area contributed by atoms with E-state index in [0.717, 1.165) is 23.1 Å². The third-order valence-corrected chi connectivity index (χ3v) is 5.89. The van der Waals surface area contributed by atoms with Gasteiger partial charge in [0, 0.05) is 64.1 Å². The van der Waals surface area contributed by atoms with Crippen molar-refractivity contribution in [3.05, 3.63) is 42.2 Å². The molecule has 1 aromatic carbocycles. The van der Waals surface area contributed by atoms with E-state index >= 15 is 0 Å². The molecule has 1 atom stereocenters. The molecule has 10 heteroatoms. The summed E-state index contributed by atoms with van der Waals surface area (Å²) in [6.07, 6.45) is 3.96. The van der Waals surface area contributed by atoms with Crippen molar-refractivity contribution < 1.29 is 19.1 Å². The maximum Gasteiger partial charge on any atom is 0.410 e. The highest BCUT2D eigenvalue weighted by molar-refractivity contribution is 5.77. The van der Waals surface area contributed by atoms with Crippen LogP contribution in [0.4, 0.5) is 10.7 Å². The van der Waals surface area contributed by atoms with Gasteiger partial charge in [0.15, 0.2) is 0 Å². The first-order valence-corrected chi connectivity index (χ1v) is 11.2. The maximum atomic E-state index is 12.3. The molecule has 0 saturated carbocycles. The van der Waals surface area contributed by atoms with Gasteiger partial charge in [0.2, 0.25) is 11.9 Å². The number of piperazine rings is 1. The van der Waals surface area contributed by atoms with E-state index in [1.807, 2.05) is 24.3 Å². The Hall–Kier alpha value is -3.24. The molecule has 176 valence electrons. The zero-order valence-electron chi connectivity index (χ0n) is 18.9. The average Bonchev–Trinajstić information content (AvgIpc) is 3.37.